The summed E-state index contributed by atoms with van der Waals surface area (Å²) in [7, 11) is 0. The van der Waals surface area contributed by atoms with Gasteiger partial charge in [-0.15, -0.1) is 0 Å². The number of hydrogen-bond donors (Lipinski definition) is 1. The molecule has 5 heteroatoms. The van der Waals surface area contributed by atoms with Gasteiger partial charge >= 0.3 is 0 Å². The van der Waals surface area contributed by atoms with Gasteiger partial charge in [0.05, 0.1) is 5.69 Å². The number of aryl methyl sites for hydroxylation is 1. The predicted octanol–water partition coefficient (Wildman–Crippen LogP) is 5.07. The molecule has 1 amide bonds. The van der Waals surface area contributed by atoms with Crippen LogP contribution < -0.4 is 5.32 Å². The highest BCUT2D eigenvalue weighted by Gasteiger charge is 2.21. The third-order valence-corrected chi connectivity index (χ3v) is 5.46. The number of piperidine rings is 1. The molecule has 1 saturated heterocycles. The van der Waals surface area contributed by atoms with Crippen molar-refractivity contribution in [1.82, 2.24) is 14.9 Å². The lowest BCUT2D eigenvalue weighted by atomic mass is 9.98. The van der Waals surface area contributed by atoms with E-state index in [9.17, 15) is 4.79 Å². The second-order valence-corrected chi connectivity index (χ2v) is 7.84. The summed E-state index contributed by atoms with van der Waals surface area (Å²) in [5.41, 5.74) is 4.75. The Balaban J connectivity index is 1.45. The molecule has 2 aromatic carbocycles. The van der Waals surface area contributed by atoms with Gasteiger partial charge in [-0.1, -0.05) is 30.7 Å². The van der Waals surface area contributed by atoms with E-state index in [2.05, 4.69) is 41.3 Å². The van der Waals surface area contributed by atoms with Crippen molar-refractivity contribution in [2.24, 2.45) is 5.92 Å². The van der Waals surface area contributed by atoms with E-state index in [1.165, 1.54) is 5.56 Å². The summed E-state index contributed by atoms with van der Waals surface area (Å²) in [4.78, 5) is 23.4. The summed E-state index contributed by atoms with van der Waals surface area (Å²) in [5.74, 6) is 1.55. The van der Waals surface area contributed by atoms with E-state index in [1.807, 2.05) is 47.4 Å². The minimum atomic E-state index is 0.118. The van der Waals surface area contributed by atoms with Gasteiger partial charge < -0.3 is 10.2 Å². The average Bonchev–Trinajstić information content (AvgIpc) is 2.75. The molecule has 1 aliphatic heterocycles. The Morgan fingerprint density at radius 1 is 1.03 bits per heavy atom. The van der Waals surface area contributed by atoms with Crippen LogP contribution in [0.4, 0.5) is 11.5 Å². The number of likely N-dealkylation sites (tertiary alicyclic amines) is 1. The first-order valence-corrected chi connectivity index (χ1v) is 10.1. The van der Waals surface area contributed by atoms with Crippen LogP contribution >= 0.6 is 0 Å². The third kappa shape index (κ3) is 4.62. The number of anilines is 2. The first-order valence-electron chi connectivity index (χ1n) is 10.1. The predicted molar refractivity (Wildman–Crippen MR) is 116 cm³/mol. The quantitative estimate of drug-likeness (QED) is 0.680. The molecule has 0 atom stereocenters. The molecule has 2 heterocycles. The molecular formula is C24H26N4O. The molecule has 5 nitrogen and oxygen atoms in total. The van der Waals surface area contributed by atoms with E-state index in [0.717, 1.165) is 54.3 Å². The second kappa shape index (κ2) is 8.43. The minimum absolute atomic E-state index is 0.118. The van der Waals surface area contributed by atoms with Crippen LogP contribution in [-0.2, 0) is 0 Å². The zero-order chi connectivity index (χ0) is 20.2. The van der Waals surface area contributed by atoms with Crippen molar-refractivity contribution in [3.63, 3.8) is 0 Å². The summed E-state index contributed by atoms with van der Waals surface area (Å²) in [5, 5.41) is 3.30. The number of aromatic nitrogens is 2. The van der Waals surface area contributed by atoms with Crippen LogP contribution in [0.3, 0.4) is 0 Å². The van der Waals surface area contributed by atoms with Crippen molar-refractivity contribution in [2.45, 2.75) is 26.7 Å². The molecule has 29 heavy (non-hydrogen) atoms. The Morgan fingerprint density at radius 2 is 1.79 bits per heavy atom. The first kappa shape index (κ1) is 19.1. The van der Waals surface area contributed by atoms with E-state index >= 15 is 0 Å². The van der Waals surface area contributed by atoms with E-state index in [4.69, 9.17) is 0 Å². The molecular weight excluding hydrogens is 360 g/mol. The third-order valence-electron chi connectivity index (χ3n) is 5.46. The molecule has 1 fully saturated rings. The smallest absolute Gasteiger partial charge is 0.253 e. The van der Waals surface area contributed by atoms with Gasteiger partial charge in [0.25, 0.3) is 5.91 Å². The molecule has 0 unspecified atom stereocenters. The SMILES string of the molecule is Cc1cccc(-c2cc(Nc3ccc(C(=O)N4CCC(C)CC4)cc3)ncn2)c1. The molecule has 0 aliphatic carbocycles. The fraction of sp³-hybridized carbons (Fsp3) is 0.292. The maximum atomic E-state index is 12.7. The lowest BCUT2D eigenvalue weighted by molar-refractivity contribution is 0.0697. The zero-order valence-corrected chi connectivity index (χ0v) is 16.9. The maximum Gasteiger partial charge on any atom is 0.253 e. The highest BCUT2D eigenvalue weighted by Crippen LogP contribution is 2.23. The molecule has 0 saturated carbocycles. The molecule has 0 bridgehead atoms. The van der Waals surface area contributed by atoms with Crippen molar-refractivity contribution >= 4 is 17.4 Å². The number of hydrogen-bond acceptors (Lipinski definition) is 4. The van der Waals surface area contributed by atoms with Gasteiger partial charge in [-0.2, -0.15) is 0 Å². The molecule has 0 radical (unpaired) electrons. The molecule has 1 aromatic heterocycles. The normalized spacial score (nSPS) is 14.6. The van der Waals surface area contributed by atoms with E-state index < -0.39 is 0 Å². The molecule has 1 N–H and O–H groups in total. The van der Waals surface area contributed by atoms with Crippen LogP contribution in [0.1, 0.15) is 35.7 Å². The molecule has 4 rings (SSSR count). The number of rotatable bonds is 4. The molecule has 1 aliphatic rings. The van der Waals surface area contributed by atoms with Gasteiger partial charge in [0.1, 0.15) is 12.1 Å². The summed E-state index contributed by atoms with van der Waals surface area (Å²) < 4.78 is 0. The molecule has 148 valence electrons. The zero-order valence-electron chi connectivity index (χ0n) is 16.9. The topological polar surface area (TPSA) is 58.1 Å². The summed E-state index contributed by atoms with van der Waals surface area (Å²) >= 11 is 0. The van der Waals surface area contributed by atoms with Gasteiger partial charge in [-0.3, -0.25) is 4.79 Å². The van der Waals surface area contributed by atoms with Crippen molar-refractivity contribution in [1.29, 1.82) is 0 Å². The van der Waals surface area contributed by atoms with Crippen LogP contribution in [0.2, 0.25) is 0 Å². The fourth-order valence-corrected chi connectivity index (χ4v) is 3.63. The van der Waals surface area contributed by atoms with Crippen molar-refractivity contribution in [3.05, 3.63) is 72.1 Å². The van der Waals surface area contributed by atoms with Crippen LogP contribution in [0.15, 0.2) is 60.9 Å². The molecule has 3 aromatic rings. The monoisotopic (exact) mass is 386 g/mol. The van der Waals surface area contributed by atoms with Crippen molar-refractivity contribution in [2.75, 3.05) is 18.4 Å². The summed E-state index contributed by atoms with van der Waals surface area (Å²) in [6.45, 7) is 6.02. The standard InChI is InChI=1S/C24H26N4O/c1-17-10-12-28(13-11-17)24(29)19-6-8-21(9-7-19)27-23-15-22(25-16-26-23)20-5-3-4-18(2)14-20/h3-9,14-17H,10-13H2,1-2H3,(H,25,26,27). The van der Waals surface area contributed by atoms with E-state index in [-0.39, 0.29) is 5.91 Å². The highest BCUT2D eigenvalue weighted by molar-refractivity contribution is 5.94. The minimum Gasteiger partial charge on any atom is -0.340 e. The Kier molecular flexibility index (Phi) is 5.56. The lowest BCUT2D eigenvalue weighted by Crippen LogP contribution is -2.37. The Labute approximate surface area is 171 Å². The maximum absolute atomic E-state index is 12.7. The lowest BCUT2D eigenvalue weighted by Gasteiger charge is -2.30. The number of nitrogens with zero attached hydrogens (tertiary/aromatic N) is 3. The van der Waals surface area contributed by atoms with Crippen LogP contribution in [-0.4, -0.2) is 33.9 Å². The van der Waals surface area contributed by atoms with E-state index in [0.29, 0.717) is 5.92 Å². The van der Waals surface area contributed by atoms with Crippen molar-refractivity contribution in [3.8, 4) is 11.3 Å². The second-order valence-electron chi connectivity index (χ2n) is 7.84. The number of benzene rings is 2. The van der Waals surface area contributed by atoms with Crippen LogP contribution in [0.25, 0.3) is 11.3 Å². The highest BCUT2D eigenvalue weighted by atomic mass is 16.2. The number of amides is 1. The summed E-state index contributed by atoms with van der Waals surface area (Å²) in [6, 6.07) is 17.8. The number of carbonyl (C=O) groups excluding carboxylic acids is 1. The van der Waals surface area contributed by atoms with E-state index in [1.54, 1.807) is 6.33 Å². The van der Waals surface area contributed by atoms with Crippen molar-refractivity contribution < 1.29 is 4.79 Å². The summed E-state index contributed by atoms with van der Waals surface area (Å²) in [6.07, 6.45) is 3.74. The van der Waals surface area contributed by atoms with Gasteiger partial charge in [-0.25, -0.2) is 9.97 Å². The van der Waals surface area contributed by atoms with Gasteiger partial charge in [0.2, 0.25) is 0 Å². The van der Waals surface area contributed by atoms with Crippen LogP contribution in [0, 0.1) is 12.8 Å². The Hall–Kier alpha value is -3.21. The Bertz CT molecular complexity index is 992. The van der Waals surface area contributed by atoms with Gasteiger partial charge in [0, 0.05) is 36.0 Å². The number of nitrogens with one attached hydrogen (secondary N) is 1. The molecule has 0 spiro atoms. The average molecular weight is 386 g/mol. The fourth-order valence-electron chi connectivity index (χ4n) is 3.63. The number of carbonyl (C=O) groups is 1. The Morgan fingerprint density at radius 3 is 2.52 bits per heavy atom. The van der Waals surface area contributed by atoms with Gasteiger partial charge in [-0.05, 0) is 56.0 Å². The van der Waals surface area contributed by atoms with Gasteiger partial charge in [0.15, 0.2) is 0 Å². The largest absolute Gasteiger partial charge is 0.340 e. The first-order chi connectivity index (χ1) is 14.1. The van der Waals surface area contributed by atoms with Crippen LogP contribution in [0.5, 0.6) is 0 Å².